The molecular formula is C36H20F12. The van der Waals surface area contributed by atoms with Gasteiger partial charge in [-0.1, -0.05) is 115 Å². The summed E-state index contributed by atoms with van der Waals surface area (Å²) in [5.41, 5.74) is -18.3. The highest BCUT2D eigenvalue weighted by Gasteiger charge is 2.70. The fourth-order valence-corrected chi connectivity index (χ4v) is 6.92. The molecule has 4 aromatic carbocycles. The number of rotatable bonds is 3. The van der Waals surface area contributed by atoms with Gasteiger partial charge in [0.2, 0.25) is 0 Å². The van der Waals surface area contributed by atoms with E-state index in [9.17, 15) is 0 Å². The fourth-order valence-electron chi connectivity index (χ4n) is 6.92. The van der Waals surface area contributed by atoms with E-state index >= 15 is 52.7 Å². The summed E-state index contributed by atoms with van der Waals surface area (Å²) < 4.78 is 185. The number of benzene rings is 4. The molecule has 0 bridgehead atoms. The van der Waals surface area contributed by atoms with E-state index in [1.807, 2.05) is 0 Å². The molecule has 2 atom stereocenters. The standard InChI is InChI=1S/C36H20F12/c37-33(38,39)28(20-12-4-1-5-13-20)25-26(29(34(40,41)42)21-14-6-2-7-15-21)31-27(25)30(35(43,44)45)23-18-10-11-19-24(23)32(31,36(46,47)48)22-16-8-3-9-17-22/h1-19,30H/b28-25-,29-26+/t30-,32-/m1/s1. The summed E-state index contributed by atoms with van der Waals surface area (Å²) in [5.74, 6) is -3.13. The van der Waals surface area contributed by atoms with Crippen LogP contribution in [0.25, 0.3) is 11.1 Å². The Labute approximate surface area is 265 Å². The van der Waals surface area contributed by atoms with Gasteiger partial charge in [-0.2, -0.15) is 52.7 Å². The second-order valence-corrected chi connectivity index (χ2v) is 11.2. The van der Waals surface area contributed by atoms with Crippen molar-refractivity contribution in [1.29, 1.82) is 0 Å². The monoisotopic (exact) mass is 680 g/mol. The number of hydrogen-bond acceptors (Lipinski definition) is 0. The molecule has 48 heavy (non-hydrogen) atoms. The Morgan fingerprint density at radius 1 is 0.479 bits per heavy atom. The van der Waals surface area contributed by atoms with Crippen LogP contribution in [0.1, 0.15) is 33.7 Å². The van der Waals surface area contributed by atoms with Gasteiger partial charge in [-0.05, 0) is 44.5 Å². The first-order valence-electron chi connectivity index (χ1n) is 14.2. The zero-order valence-corrected chi connectivity index (χ0v) is 24.1. The van der Waals surface area contributed by atoms with Crippen molar-refractivity contribution in [3.05, 3.63) is 165 Å². The van der Waals surface area contributed by atoms with Gasteiger partial charge in [0.25, 0.3) is 0 Å². The van der Waals surface area contributed by atoms with E-state index in [2.05, 4.69) is 0 Å². The maximum atomic E-state index is 16.0. The average Bonchev–Trinajstić information content (AvgIpc) is 3.00. The minimum Gasteiger partial charge on any atom is -0.170 e. The van der Waals surface area contributed by atoms with Crippen LogP contribution in [0.4, 0.5) is 52.7 Å². The smallest absolute Gasteiger partial charge is 0.170 e. The molecule has 0 saturated heterocycles. The number of fused-ring (bicyclic) bond motifs is 1. The van der Waals surface area contributed by atoms with Crippen molar-refractivity contribution in [1.82, 2.24) is 0 Å². The maximum Gasteiger partial charge on any atom is 0.417 e. The van der Waals surface area contributed by atoms with Crippen molar-refractivity contribution in [3.8, 4) is 0 Å². The van der Waals surface area contributed by atoms with Crippen molar-refractivity contribution in [2.24, 2.45) is 0 Å². The largest absolute Gasteiger partial charge is 0.417 e. The number of hydrogen-bond donors (Lipinski definition) is 0. The SMILES string of the molecule is FC(F)(F)/C(=C1C2=C(C/1=C(/c1ccccc1)C(F)(F)F)[C@H](C(F)(F)F)c1ccccc1[C@@]2(c1ccccc1)C(F)(F)F)c1ccccc1. The van der Waals surface area contributed by atoms with Gasteiger partial charge in [0.1, 0.15) is 11.3 Å². The molecule has 0 radical (unpaired) electrons. The summed E-state index contributed by atoms with van der Waals surface area (Å²) in [6.45, 7) is 0. The van der Waals surface area contributed by atoms with E-state index in [0.29, 0.717) is 0 Å². The third kappa shape index (κ3) is 5.03. The number of halogens is 12. The lowest BCUT2D eigenvalue weighted by Gasteiger charge is -2.53. The van der Waals surface area contributed by atoms with Crippen LogP contribution >= 0.6 is 0 Å². The van der Waals surface area contributed by atoms with Crippen molar-refractivity contribution in [2.75, 3.05) is 0 Å². The molecule has 0 aromatic heterocycles. The van der Waals surface area contributed by atoms with Crippen LogP contribution in [-0.2, 0) is 5.41 Å². The molecule has 0 amide bonds. The number of alkyl halides is 12. The predicted molar refractivity (Wildman–Crippen MR) is 154 cm³/mol. The van der Waals surface area contributed by atoms with Crippen LogP contribution < -0.4 is 0 Å². The lowest BCUT2D eigenvalue weighted by Crippen LogP contribution is -2.54. The average molecular weight is 681 g/mol. The van der Waals surface area contributed by atoms with E-state index < -0.39 is 97.3 Å². The molecule has 12 heteroatoms. The van der Waals surface area contributed by atoms with Gasteiger partial charge in [0.15, 0.2) is 0 Å². The molecule has 4 aromatic rings. The van der Waals surface area contributed by atoms with Gasteiger partial charge in [-0.25, -0.2) is 0 Å². The summed E-state index contributed by atoms with van der Waals surface area (Å²) >= 11 is 0. The maximum absolute atomic E-state index is 16.0. The first kappa shape index (κ1) is 33.2. The van der Waals surface area contributed by atoms with Crippen molar-refractivity contribution >= 4 is 11.1 Å². The van der Waals surface area contributed by atoms with E-state index in [1.54, 1.807) is 0 Å². The van der Waals surface area contributed by atoms with Crippen LogP contribution in [0.15, 0.2) is 138 Å². The quantitative estimate of drug-likeness (QED) is 0.189. The molecule has 6 rings (SSSR count). The molecule has 248 valence electrons. The highest BCUT2D eigenvalue weighted by Crippen LogP contribution is 2.71. The first-order valence-corrected chi connectivity index (χ1v) is 14.2. The van der Waals surface area contributed by atoms with E-state index in [0.717, 1.165) is 97.1 Å². The van der Waals surface area contributed by atoms with Crippen LogP contribution in [0.3, 0.4) is 0 Å². The minimum absolute atomic E-state index is 0.720. The minimum atomic E-state index is -5.66. The summed E-state index contributed by atoms with van der Waals surface area (Å²) in [6, 6.07) is 19.0. The van der Waals surface area contributed by atoms with Gasteiger partial charge >= 0.3 is 24.7 Å². The summed E-state index contributed by atoms with van der Waals surface area (Å²) in [7, 11) is 0. The molecule has 0 saturated carbocycles. The van der Waals surface area contributed by atoms with Crippen molar-refractivity contribution < 1.29 is 52.7 Å². The van der Waals surface area contributed by atoms with Gasteiger partial charge in [0, 0.05) is 5.57 Å². The summed E-state index contributed by atoms with van der Waals surface area (Å²) in [4.78, 5) is 0. The zero-order chi connectivity index (χ0) is 34.9. The molecule has 0 spiro atoms. The third-order valence-electron chi connectivity index (χ3n) is 8.53. The highest BCUT2D eigenvalue weighted by atomic mass is 19.4. The Balaban J connectivity index is 1.99. The third-order valence-corrected chi connectivity index (χ3v) is 8.53. The molecule has 2 aliphatic carbocycles. The Morgan fingerprint density at radius 3 is 1.33 bits per heavy atom. The van der Waals surface area contributed by atoms with Gasteiger partial charge in [-0.15, -0.1) is 0 Å². The Morgan fingerprint density at radius 2 is 0.896 bits per heavy atom. The molecule has 0 aliphatic heterocycles. The van der Waals surface area contributed by atoms with Crippen LogP contribution in [-0.4, -0.2) is 24.7 Å². The Bertz CT molecular complexity index is 1940. The highest BCUT2D eigenvalue weighted by molar-refractivity contribution is 5.99. The number of allylic oxidation sites excluding steroid dienone is 6. The van der Waals surface area contributed by atoms with Gasteiger partial charge in [0.05, 0.1) is 11.1 Å². The molecular weight excluding hydrogens is 660 g/mol. The lowest BCUT2D eigenvalue weighted by atomic mass is 9.49. The van der Waals surface area contributed by atoms with Crippen LogP contribution in [0.2, 0.25) is 0 Å². The Kier molecular flexibility index (Phi) is 7.72. The summed E-state index contributed by atoms with van der Waals surface area (Å²) in [6.07, 6.45) is -22.4. The topological polar surface area (TPSA) is 0 Å². The second-order valence-electron chi connectivity index (χ2n) is 11.2. The van der Waals surface area contributed by atoms with Gasteiger partial charge in [-0.3, -0.25) is 0 Å². The van der Waals surface area contributed by atoms with E-state index in [-0.39, 0.29) is 0 Å². The second kappa shape index (κ2) is 11.2. The molecule has 0 nitrogen and oxygen atoms in total. The van der Waals surface area contributed by atoms with E-state index in [1.165, 1.54) is 18.2 Å². The first-order chi connectivity index (χ1) is 22.4. The molecule has 0 heterocycles. The molecule has 0 unspecified atom stereocenters. The summed E-state index contributed by atoms with van der Waals surface area (Å²) in [5, 5.41) is 0. The Hall–Kier alpha value is -4.74. The fraction of sp³-hybridized carbons (Fsp3) is 0.167. The van der Waals surface area contributed by atoms with Gasteiger partial charge < -0.3 is 0 Å². The normalized spacial score (nSPS) is 22.0. The van der Waals surface area contributed by atoms with E-state index in [4.69, 9.17) is 0 Å². The molecule has 2 aliphatic rings. The zero-order valence-electron chi connectivity index (χ0n) is 24.1. The van der Waals surface area contributed by atoms with Crippen LogP contribution in [0, 0.1) is 0 Å². The lowest BCUT2D eigenvalue weighted by molar-refractivity contribution is -0.173. The predicted octanol–water partition coefficient (Wildman–Crippen LogP) is 11.5. The molecule has 0 N–H and O–H groups in total. The van der Waals surface area contributed by atoms with Crippen molar-refractivity contribution in [3.63, 3.8) is 0 Å². The molecule has 0 fully saturated rings. The van der Waals surface area contributed by atoms with Crippen molar-refractivity contribution in [2.45, 2.75) is 36.0 Å². The van der Waals surface area contributed by atoms with Crippen LogP contribution in [0.5, 0.6) is 0 Å².